The summed E-state index contributed by atoms with van der Waals surface area (Å²) in [6.07, 6.45) is 2.17. The summed E-state index contributed by atoms with van der Waals surface area (Å²) in [5, 5.41) is 5.83. The van der Waals surface area contributed by atoms with Gasteiger partial charge in [-0.3, -0.25) is 5.32 Å². The topological polar surface area (TPSA) is 63.2 Å². The van der Waals surface area contributed by atoms with Gasteiger partial charge < -0.3 is 10.1 Å². The van der Waals surface area contributed by atoms with Gasteiger partial charge in [0.15, 0.2) is 0 Å². The first-order valence-electron chi connectivity index (χ1n) is 5.82. The van der Waals surface area contributed by atoms with Crippen molar-refractivity contribution in [1.29, 1.82) is 0 Å². The summed E-state index contributed by atoms with van der Waals surface area (Å²) < 4.78 is 4.76. The van der Waals surface area contributed by atoms with Crippen LogP contribution in [0, 0.1) is 0 Å². The highest BCUT2D eigenvalue weighted by Crippen LogP contribution is 2.11. The van der Waals surface area contributed by atoms with Crippen LogP contribution >= 0.6 is 0 Å². The van der Waals surface area contributed by atoms with Gasteiger partial charge in [-0.05, 0) is 32.4 Å². The zero-order valence-electron chi connectivity index (χ0n) is 10.5. The third-order valence-corrected chi connectivity index (χ3v) is 2.29. The van der Waals surface area contributed by atoms with E-state index in [-0.39, 0.29) is 0 Å². The van der Waals surface area contributed by atoms with E-state index in [2.05, 4.69) is 29.5 Å². The van der Waals surface area contributed by atoms with Crippen LogP contribution < -0.4 is 10.6 Å². The van der Waals surface area contributed by atoms with Crippen molar-refractivity contribution in [3.8, 4) is 0 Å². The molecule has 5 heteroatoms. The molecule has 1 heterocycles. The maximum atomic E-state index is 11.1. The molecule has 0 saturated heterocycles. The van der Waals surface area contributed by atoms with Crippen LogP contribution in [0.3, 0.4) is 0 Å². The number of amides is 1. The fraction of sp³-hybridized carbons (Fsp3) is 0.500. The van der Waals surface area contributed by atoms with E-state index in [9.17, 15) is 4.79 Å². The van der Waals surface area contributed by atoms with Gasteiger partial charge in [0.1, 0.15) is 5.82 Å². The number of nitrogens with zero attached hydrogens (tertiary/aromatic N) is 1. The highest BCUT2D eigenvalue weighted by atomic mass is 16.5. The fourth-order valence-electron chi connectivity index (χ4n) is 1.19. The van der Waals surface area contributed by atoms with Crippen molar-refractivity contribution in [3.05, 3.63) is 18.3 Å². The molecule has 1 amide bonds. The van der Waals surface area contributed by atoms with Crippen molar-refractivity contribution in [2.45, 2.75) is 33.2 Å². The van der Waals surface area contributed by atoms with E-state index in [1.165, 1.54) is 0 Å². The Bertz CT molecular complexity index is 351. The Morgan fingerprint density at radius 1 is 1.47 bits per heavy atom. The van der Waals surface area contributed by atoms with Gasteiger partial charge in [0.05, 0.1) is 18.5 Å². The lowest BCUT2D eigenvalue weighted by atomic mass is 10.2. The third kappa shape index (κ3) is 4.72. The molecule has 0 aliphatic carbocycles. The summed E-state index contributed by atoms with van der Waals surface area (Å²) in [6.45, 7) is 6.31. The first-order valence-corrected chi connectivity index (χ1v) is 5.82. The molecule has 94 valence electrons. The second kappa shape index (κ2) is 6.73. The summed E-state index contributed by atoms with van der Waals surface area (Å²) in [6, 6.07) is 3.99. The Morgan fingerprint density at radius 3 is 2.76 bits per heavy atom. The molecule has 0 spiro atoms. The summed E-state index contributed by atoms with van der Waals surface area (Å²) in [5.41, 5.74) is 0.623. The molecule has 0 bridgehead atoms. The van der Waals surface area contributed by atoms with Gasteiger partial charge in [0.25, 0.3) is 0 Å². The number of hydrogen-bond acceptors (Lipinski definition) is 4. The third-order valence-electron chi connectivity index (χ3n) is 2.29. The summed E-state index contributed by atoms with van der Waals surface area (Å²) in [4.78, 5) is 15.3. The summed E-state index contributed by atoms with van der Waals surface area (Å²) in [5.74, 6) is 0.800. The molecule has 0 saturated carbocycles. The number of hydrogen-bond donors (Lipinski definition) is 2. The number of ether oxygens (including phenoxy) is 1. The standard InChI is InChI=1S/C12H19N3O2/c1-4-9(3)14-11-7-6-10(8-13-11)15-12(16)17-5-2/h6-9H,4-5H2,1-3H3,(H,13,14)(H,15,16). The van der Waals surface area contributed by atoms with Gasteiger partial charge in [0.2, 0.25) is 0 Å². The van der Waals surface area contributed by atoms with Crippen LogP contribution in [0.4, 0.5) is 16.3 Å². The van der Waals surface area contributed by atoms with Crippen molar-refractivity contribution in [2.24, 2.45) is 0 Å². The minimum atomic E-state index is -0.461. The van der Waals surface area contributed by atoms with Crippen molar-refractivity contribution in [2.75, 3.05) is 17.2 Å². The van der Waals surface area contributed by atoms with Crippen LogP contribution in [-0.2, 0) is 4.74 Å². The number of carbonyl (C=O) groups excluding carboxylic acids is 1. The van der Waals surface area contributed by atoms with Crippen molar-refractivity contribution < 1.29 is 9.53 Å². The highest BCUT2D eigenvalue weighted by molar-refractivity contribution is 5.84. The van der Waals surface area contributed by atoms with Crippen LogP contribution in [0.2, 0.25) is 0 Å². The number of anilines is 2. The molecule has 1 unspecified atom stereocenters. The second-order valence-corrected chi connectivity index (χ2v) is 3.73. The van der Waals surface area contributed by atoms with Gasteiger partial charge in [-0.25, -0.2) is 9.78 Å². The molecular weight excluding hydrogens is 218 g/mol. The SMILES string of the molecule is CCOC(=O)Nc1ccc(NC(C)CC)nc1. The number of pyridine rings is 1. The molecule has 2 N–H and O–H groups in total. The average Bonchev–Trinajstić information content (AvgIpc) is 2.32. The van der Waals surface area contributed by atoms with Gasteiger partial charge in [-0.15, -0.1) is 0 Å². The van der Waals surface area contributed by atoms with E-state index in [1.807, 2.05) is 6.07 Å². The van der Waals surface area contributed by atoms with E-state index in [1.54, 1.807) is 19.2 Å². The monoisotopic (exact) mass is 237 g/mol. The van der Waals surface area contributed by atoms with Crippen molar-refractivity contribution >= 4 is 17.6 Å². The zero-order chi connectivity index (χ0) is 12.7. The van der Waals surface area contributed by atoms with E-state index >= 15 is 0 Å². The zero-order valence-corrected chi connectivity index (χ0v) is 10.5. The Kier molecular flexibility index (Phi) is 5.26. The summed E-state index contributed by atoms with van der Waals surface area (Å²) >= 11 is 0. The number of carbonyl (C=O) groups is 1. The minimum absolute atomic E-state index is 0.354. The molecular formula is C12H19N3O2. The quantitative estimate of drug-likeness (QED) is 0.826. The second-order valence-electron chi connectivity index (χ2n) is 3.73. The van der Waals surface area contributed by atoms with E-state index in [0.29, 0.717) is 18.3 Å². The number of nitrogens with one attached hydrogen (secondary N) is 2. The first-order chi connectivity index (χ1) is 8.15. The molecule has 0 aliphatic rings. The number of aromatic nitrogens is 1. The maximum Gasteiger partial charge on any atom is 0.411 e. The maximum absolute atomic E-state index is 11.1. The highest BCUT2D eigenvalue weighted by Gasteiger charge is 2.03. The Hall–Kier alpha value is -1.78. The smallest absolute Gasteiger partial charge is 0.411 e. The Morgan fingerprint density at radius 2 is 2.24 bits per heavy atom. The normalized spacial score (nSPS) is 11.7. The molecule has 0 radical (unpaired) electrons. The van der Waals surface area contributed by atoms with Crippen molar-refractivity contribution in [1.82, 2.24) is 4.98 Å². The lowest BCUT2D eigenvalue weighted by molar-refractivity contribution is 0.168. The van der Waals surface area contributed by atoms with E-state index < -0.39 is 6.09 Å². The predicted octanol–water partition coefficient (Wildman–Crippen LogP) is 2.86. The van der Waals surface area contributed by atoms with Crippen LogP contribution in [0.5, 0.6) is 0 Å². The molecule has 1 aromatic rings. The number of rotatable bonds is 5. The molecule has 1 aromatic heterocycles. The van der Waals surface area contributed by atoms with Gasteiger partial charge >= 0.3 is 6.09 Å². The lowest BCUT2D eigenvalue weighted by Crippen LogP contribution is -2.15. The average molecular weight is 237 g/mol. The molecule has 1 atom stereocenters. The van der Waals surface area contributed by atoms with Crippen LogP contribution in [0.15, 0.2) is 18.3 Å². The predicted molar refractivity (Wildman–Crippen MR) is 68.3 cm³/mol. The van der Waals surface area contributed by atoms with E-state index in [0.717, 1.165) is 12.2 Å². The molecule has 0 aliphatic heterocycles. The lowest BCUT2D eigenvalue weighted by Gasteiger charge is -2.12. The largest absolute Gasteiger partial charge is 0.450 e. The Balaban J connectivity index is 2.52. The van der Waals surface area contributed by atoms with Gasteiger partial charge in [-0.2, -0.15) is 0 Å². The summed E-state index contributed by atoms with van der Waals surface area (Å²) in [7, 11) is 0. The molecule has 0 aromatic carbocycles. The fourth-order valence-corrected chi connectivity index (χ4v) is 1.19. The van der Waals surface area contributed by atoms with Crippen LogP contribution in [0.1, 0.15) is 27.2 Å². The van der Waals surface area contributed by atoms with E-state index in [4.69, 9.17) is 4.74 Å². The van der Waals surface area contributed by atoms with Crippen LogP contribution in [0.25, 0.3) is 0 Å². The molecule has 1 rings (SSSR count). The molecule has 17 heavy (non-hydrogen) atoms. The van der Waals surface area contributed by atoms with Gasteiger partial charge in [0, 0.05) is 6.04 Å². The molecule has 5 nitrogen and oxygen atoms in total. The van der Waals surface area contributed by atoms with Crippen LogP contribution in [-0.4, -0.2) is 23.7 Å². The van der Waals surface area contributed by atoms with Crippen molar-refractivity contribution in [3.63, 3.8) is 0 Å². The minimum Gasteiger partial charge on any atom is -0.450 e. The van der Waals surface area contributed by atoms with Gasteiger partial charge in [-0.1, -0.05) is 6.92 Å². The first kappa shape index (κ1) is 13.3. The molecule has 0 fully saturated rings. The Labute approximate surface area is 102 Å².